The summed E-state index contributed by atoms with van der Waals surface area (Å²) in [5.41, 5.74) is 0.975. The van der Waals surface area contributed by atoms with Gasteiger partial charge in [0.1, 0.15) is 6.04 Å². The molecule has 0 heterocycles. The van der Waals surface area contributed by atoms with Crippen LogP contribution in [0.3, 0.4) is 0 Å². The van der Waals surface area contributed by atoms with Gasteiger partial charge in [0.05, 0.1) is 13.2 Å². The second-order valence-corrected chi connectivity index (χ2v) is 4.31. The summed E-state index contributed by atoms with van der Waals surface area (Å²) in [5.74, 6) is 4.07. The summed E-state index contributed by atoms with van der Waals surface area (Å²) in [5, 5.41) is 1.43. The SMILES string of the molecule is CCOC(=O)C#CC(C)N(Cc1ccccc1)OC(C)=O. The van der Waals surface area contributed by atoms with Gasteiger partial charge in [-0.25, -0.2) is 4.79 Å². The van der Waals surface area contributed by atoms with Crippen molar-refractivity contribution in [3.05, 3.63) is 35.9 Å². The maximum atomic E-state index is 11.2. The zero-order chi connectivity index (χ0) is 15.7. The largest absolute Gasteiger partial charge is 0.456 e. The zero-order valence-electron chi connectivity index (χ0n) is 12.5. The Balaban J connectivity index is 2.76. The lowest BCUT2D eigenvalue weighted by Crippen LogP contribution is -2.33. The molecule has 0 aliphatic rings. The molecular formula is C16H19NO4. The highest BCUT2D eigenvalue weighted by Gasteiger charge is 2.16. The monoisotopic (exact) mass is 289 g/mol. The first-order valence-electron chi connectivity index (χ1n) is 6.70. The van der Waals surface area contributed by atoms with E-state index >= 15 is 0 Å². The summed E-state index contributed by atoms with van der Waals surface area (Å²) >= 11 is 0. The van der Waals surface area contributed by atoms with E-state index in [1.807, 2.05) is 30.3 Å². The third-order valence-corrected chi connectivity index (χ3v) is 2.52. The lowest BCUT2D eigenvalue weighted by molar-refractivity contribution is -0.196. The zero-order valence-corrected chi connectivity index (χ0v) is 12.5. The molecule has 0 amide bonds. The van der Waals surface area contributed by atoms with Crippen LogP contribution in [0.4, 0.5) is 0 Å². The maximum Gasteiger partial charge on any atom is 0.384 e. The molecule has 1 unspecified atom stereocenters. The third-order valence-electron chi connectivity index (χ3n) is 2.52. The molecule has 0 saturated carbocycles. The summed E-state index contributed by atoms with van der Waals surface area (Å²) in [4.78, 5) is 27.6. The molecule has 1 atom stereocenters. The van der Waals surface area contributed by atoms with Crippen LogP contribution in [0.1, 0.15) is 26.3 Å². The molecule has 0 spiro atoms. The van der Waals surface area contributed by atoms with E-state index in [1.54, 1.807) is 13.8 Å². The number of nitrogens with zero attached hydrogens (tertiary/aromatic N) is 1. The van der Waals surface area contributed by atoms with Crippen molar-refractivity contribution in [3.8, 4) is 11.8 Å². The topological polar surface area (TPSA) is 55.8 Å². The van der Waals surface area contributed by atoms with Crippen molar-refractivity contribution in [2.24, 2.45) is 0 Å². The van der Waals surface area contributed by atoms with Gasteiger partial charge in [-0.15, -0.1) is 5.06 Å². The molecule has 21 heavy (non-hydrogen) atoms. The number of carbonyl (C=O) groups is 2. The third kappa shape index (κ3) is 6.59. The van der Waals surface area contributed by atoms with Crippen LogP contribution < -0.4 is 0 Å². The lowest BCUT2D eigenvalue weighted by Gasteiger charge is -2.23. The standard InChI is InChI=1S/C16H19NO4/c1-4-20-16(19)11-10-13(2)17(21-14(3)18)12-15-8-6-5-7-9-15/h5-9,13H,4,12H2,1-3H3. The van der Waals surface area contributed by atoms with Crippen LogP contribution in [0, 0.1) is 11.8 Å². The molecule has 0 fully saturated rings. The van der Waals surface area contributed by atoms with Gasteiger partial charge in [0.2, 0.25) is 0 Å². The van der Waals surface area contributed by atoms with E-state index in [0.29, 0.717) is 6.54 Å². The second kappa shape index (κ2) is 8.77. The average molecular weight is 289 g/mol. The molecule has 0 aliphatic heterocycles. The lowest BCUT2D eigenvalue weighted by atomic mass is 10.2. The first-order chi connectivity index (χ1) is 10.0. The number of hydrogen-bond donors (Lipinski definition) is 0. The predicted octanol–water partition coefficient (Wildman–Crippen LogP) is 1.92. The van der Waals surface area contributed by atoms with Gasteiger partial charge in [-0.1, -0.05) is 36.3 Å². The summed E-state index contributed by atoms with van der Waals surface area (Å²) < 4.78 is 4.73. The minimum atomic E-state index is -0.591. The fourth-order valence-electron chi connectivity index (χ4n) is 1.58. The minimum Gasteiger partial charge on any atom is -0.456 e. The Labute approximate surface area is 124 Å². The summed E-state index contributed by atoms with van der Waals surface area (Å²) in [6, 6.07) is 9.11. The van der Waals surface area contributed by atoms with Gasteiger partial charge < -0.3 is 9.57 Å². The van der Waals surface area contributed by atoms with Crippen LogP contribution in [0.25, 0.3) is 0 Å². The van der Waals surface area contributed by atoms with Crippen LogP contribution in [0.2, 0.25) is 0 Å². The Kier molecular flexibility index (Phi) is 6.99. The van der Waals surface area contributed by atoms with Crippen molar-refractivity contribution in [1.29, 1.82) is 0 Å². The molecular weight excluding hydrogens is 270 g/mol. The van der Waals surface area contributed by atoms with Gasteiger partial charge >= 0.3 is 11.9 Å². The quantitative estimate of drug-likeness (QED) is 0.359. The Morgan fingerprint density at radius 3 is 2.52 bits per heavy atom. The normalized spacial score (nSPS) is 11.2. The van der Waals surface area contributed by atoms with Gasteiger partial charge in [-0.2, -0.15) is 0 Å². The van der Waals surface area contributed by atoms with E-state index < -0.39 is 18.0 Å². The molecule has 5 heteroatoms. The smallest absolute Gasteiger partial charge is 0.384 e. The van der Waals surface area contributed by atoms with Gasteiger partial charge in [0.15, 0.2) is 0 Å². The molecule has 0 N–H and O–H groups in total. The summed E-state index contributed by atoms with van der Waals surface area (Å²) in [6.45, 7) is 5.45. The molecule has 1 rings (SSSR count). The molecule has 0 aliphatic carbocycles. The molecule has 0 radical (unpaired) electrons. The molecule has 0 bridgehead atoms. The van der Waals surface area contributed by atoms with Gasteiger partial charge in [0, 0.05) is 12.8 Å². The molecule has 0 saturated heterocycles. The molecule has 1 aromatic rings. The Hall–Kier alpha value is -2.32. The summed E-state index contributed by atoms with van der Waals surface area (Å²) in [7, 11) is 0. The van der Waals surface area contributed by atoms with Crippen LogP contribution in [-0.4, -0.2) is 29.7 Å². The van der Waals surface area contributed by atoms with E-state index in [0.717, 1.165) is 5.56 Å². The highest BCUT2D eigenvalue weighted by atomic mass is 16.7. The molecule has 0 aromatic heterocycles. The van der Waals surface area contributed by atoms with E-state index in [-0.39, 0.29) is 6.61 Å². The van der Waals surface area contributed by atoms with Crippen molar-refractivity contribution >= 4 is 11.9 Å². The average Bonchev–Trinajstić information content (AvgIpc) is 2.45. The number of hydroxylamine groups is 2. The van der Waals surface area contributed by atoms with Crippen LogP contribution in [0.15, 0.2) is 30.3 Å². The highest BCUT2D eigenvalue weighted by molar-refractivity contribution is 5.88. The van der Waals surface area contributed by atoms with E-state index in [9.17, 15) is 9.59 Å². The number of hydrogen-bond acceptors (Lipinski definition) is 5. The Morgan fingerprint density at radius 1 is 1.29 bits per heavy atom. The second-order valence-electron chi connectivity index (χ2n) is 4.31. The van der Waals surface area contributed by atoms with Crippen molar-refractivity contribution in [2.45, 2.75) is 33.4 Å². The van der Waals surface area contributed by atoms with Gasteiger partial charge in [0.25, 0.3) is 0 Å². The van der Waals surface area contributed by atoms with Gasteiger partial charge in [-0.05, 0) is 19.4 Å². The maximum absolute atomic E-state index is 11.2. The fraction of sp³-hybridized carbons (Fsp3) is 0.375. The predicted molar refractivity (Wildman–Crippen MR) is 77.6 cm³/mol. The van der Waals surface area contributed by atoms with Crippen molar-refractivity contribution < 1.29 is 19.2 Å². The van der Waals surface area contributed by atoms with Crippen molar-refractivity contribution in [1.82, 2.24) is 5.06 Å². The van der Waals surface area contributed by atoms with E-state index in [2.05, 4.69) is 11.8 Å². The number of ether oxygens (including phenoxy) is 1. The Bertz CT molecular complexity index is 530. The minimum absolute atomic E-state index is 0.277. The Morgan fingerprint density at radius 2 is 1.95 bits per heavy atom. The number of benzene rings is 1. The van der Waals surface area contributed by atoms with Crippen LogP contribution in [0.5, 0.6) is 0 Å². The van der Waals surface area contributed by atoms with Gasteiger partial charge in [-0.3, -0.25) is 4.79 Å². The van der Waals surface area contributed by atoms with Crippen LogP contribution >= 0.6 is 0 Å². The number of rotatable bonds is 5. The van der Waals surface area contributed by atoms with E-state index in [1.165, 1.54) is 12.0 Å². The number of esters is 1. The molecule has 1 aromatic carbocycles. The highest BCUT2D eigenvalue weighted by Crippen LogP contribution is 2.09. The van der Waals surface area contributed by atoms with Crippen molar-refractivity contribution in [3.63, 3.8) is 0 Å². The van der Waals surface area contributed by atoms with Crippen molar-refractivity contribution in [2.75, 3.05) is 6.61 Å². The summed E-state index contributed by atoms with van der Waals surface area (Å²) in [6.07, 6.45) is 0. The van der Waals surface area contributed by atoms with E-state index in [4.69, 9.17) is 9.57 Å². The molecule has 112 valence electrons. The number of carbonyl (C=O) groups excluding carboxylic acids is 2. The first-order valence-corrected chi connectivity index (χ1v) is 6.70. The first kappa shape index (κ1) is 16.7. The van der Waals surface area contributed by atoms with Crippen LogP contribution in [-0.2, 0) is 25.7 Å². The molecule has 5 nitrogen and oxygen atoms in total. The fourth-order valence-corrected chi connectivity index (χ4v) is 1.58.